The van der Waals surface area contributed by atoms with Crippen LogP contribution in [-0.2, 0) is 14.2 Å². The number of halogens is 1. The number of hydrogen-bond donors (Lipinski definition) is 1. The Bertz CT molecular complexity index is 1830. The quantitative estimate of drug-likeness (QED) is 0.150. The number of rotatable bonds is 7. The van der Waals surface area contributed by atoms with Crippen molar-refractivity contribution in [2.75, 3.05) is 6.61 Å². The van der Waals surface area contributed by atoms with Gasteiger partial charge in [0.1, 0.15) is 6.61 Å². The van der Waals surface area contributed by atoms with E-state index in [0.717, 1.165) is 10.9 Å². The SMILES string of the molecule is CC1=CC23CC(C=C(COC(=O)c4ccc(Br)cc4)C(OC(=O)c4ccccc4)C2(O)C1OC(=O)c1ccccc1)C1C(CC3C)C1(C)C. The lowest BCUT2D eigenvalue weighted by Gasteiger charge is -2.50. The number of carbonyl (C=O) groups is 3. The Labute approximate surface area is 295 Å². The van der Waals surface area contributed by atoms with Crippen LogP contribution in [0.3, 0.4) is 0 Å². The molecule has 0 saturated heterocycles. The Balaban J connectivity index is 1.35. The van der Waals surface area contributed by atoms with Crippen LogP contribution in [0.2, 0.25) is 0 Å². The number of benzene rings is 3. The van der Waals surface area contributed by atoms with Crippen LogP contribution in [-0.4, -0.2) is 47.4 Å². The van der Waals surface area contributed by atoms with Gasteiger partial charge in [0.2, 0.25) is 0 Å². The molecule has 8 atom stereocenters. The first-order chi connectivity index (χ1) is 23.4. The van der Waals surface area contributed by atoms with E-state index < -0.39 is 41.1 Å². The van der Waals surface area contributed by atoms with Crippen molar-refractivity contribution in [3.05, 3.63) is 129 Å². The van der Waals surface area contributed by atoms with Gasteiger partial charge in [-0.05, 0) is 103 Å². The van der Waals surface area contributed by atoms with Crippen molar-refractivity contribution in [2.45, 2.75) is 58.3 Å². The van der Waals surface area contributed by atoms with Crippen LogP contribution in [0.1, 0.15) is 71.6 Å². The smallest absolute Gasteiger partial charge is 0.338 e. The maximum Gasteiger partial charge on any atom is 0.338 e. The van der Waals surface area contributed by atoms with E-state index in [2.05, 4.69) is 48.9 Å². The number of carbonyl (C=O) groups excluding carboxylic acids is 3. The molecule has 3 aromatic carbocycles. The molecule has 4 aliphatic rings. The van der Waals surface area contributed by atoms with Crippen LogP contribution in [0.5, 0.6) is 0 Å². The third-order valence-electron chi connectivity index (χ3n) is 11.8. The van der Waals surface area contributed by atoms with Gasteiger partial charge < -0.3 is 19.3 Å². The summed E-state index contributed by atoms with van der Waals surface area (Å²) in [5, 5.41) is 13.6. The van der Waals surface area contributed by atoms with E-state index in [1.54, 1.807) is 72.8 Å². The lowest BCUT2D eigenvalue weighted by molar-refractivity contribution is -0.188. The molecule has 1 N–H and O–H groups in total. The second-order valence-electron chi connectivity index (χ2n) is 14.8. The summed E-state index contributed by atoms with van der Waals surface area (Å²) in [7, 11) is 0. The lowest BCUT2D eigenvalue weighted by Crippen LogP contribution is -2.64. The van der Waals surface area contributed by atoms with Crippen LogP contribution in [0.25, 0.3) is 0 Å². The van der Waals surface area contributed by atoms with E-state index in [9.17, 15) is 19.5 Å². The highest BCUT2D eigenvalue weighted by atomic mass is 79.9. The topological polar surface area (TPSA) is 99.1 Å². The lowest BCUT2D eigenvalue weighted by atomic mass is 9.59. The Morgan fingerprint density at radius 1 is 0.816 bits per heavy atom. The molecule has 0 aliphatic heterocycles. The van der Waals surface area contributed by atoms with Gasteiger partial charge in [-0.3, -0.25) is 0 Å². The monoisotopic (exact) mass is 724 g/mol. The molecular formula is C41H41BrO7. The molecule has 8 heteroatoms. The summed E-state index contributed by atoms with van der Waals surface area (Å²) in [6.07, 6.45) is 3.16. The average molecular weight is 726 g/mol. The summed E-state index contributed by atoms with van der Waals surface area (Å²) < 4.78 is 19.5. The molecule has 1 spiro atoms. The minimum Gasteiger partial charge on any atom is -0.457 e. The van der Waals surface area contributed by atoms with Crippen molar-refractivity contribution in [3.8, 4) is 0 Å². The first-order valence-corrected chi connectivity index (χ1v) is 17.7. The van der Waals surface area contributed by atoms with Crippen molar-refractivity contribution in [1.29, 1.82) is 0 Å². The van der Waals surface area contributed by atoms with Gasteiger partial charge in [-0.15, -0.1) is 0 Å². The molecule has 2 fully saturated rings. The van der Waals surface area contributed by atoms with Crippen molar-refractivity contribution in [2.24, 2.45) is 34.5 Å². The Morgan fingerprint density at radius 2 is 1.37 bits per heavy atom. The normalized spacial score (nSPS) is 32.2. The van der Waals surface area contributed by atoms with Crippen LogP contribution < -0.4 is 0 Å². The maximum atomic E-state index is 13.9. The average Bonchev–Trinajstić information content (AvgIpc) is 3.63. The molecular weight excluding hydrogens is 684 g/mol. The molecule has 7 rings (SSSR count). The molecule has 8 unspecified atom stereocenters. The molecule has 4 aliphatic carbocycles. The summed E-state index contributed by atoms with van der Waals surface area (Å²) >= 11 is 3.41. The van der Waals surface area contributed by atoms with Gasteiger partial charge in [-0.1, -0.05) is 85.3 Å². The number of allylic oxidation sites excluding steroid dienone is 1. The highest BCUT2D eigenvalue weighted by Gasteiger charge is 2.74. The van der Waals surface area contributed by atoms with Gasteiger partial charge in [0, 0.05) is 15.5 Å². The van der Waals surface area contributed by atoms with Crippen LogP contribution in [0.4, 0.5) is 0 Å². The molecule has 0 heterocycles. The highest BCUT2D eigenvalue weighted by molar-refractivity contribution is 9.10. The zero-order valence-electron chi connectivity index (χ0n) is 28.1. The summed E-state index contributed by atoms with van der Waals surface area (Å²) in [6, 6.07) is 24.2. The molecule has 254 valence electrons. The number of ether oxygens (including phenoxy) is 3. The first-order valence-electron chi connectivity index (χ1n) is 16.9. The van der Waals surface area contributed by atoms with Crippen LogP contribution in [0.15, 0.2) is 113 Å². The molecule has 0 radical (unpaired) electrons. The molecule has 0 aromatic heterocycles. The summed E-state index contributed by atoms with van der Waals surface area (Å²) in [5.41, 5.74) is -0.547. The van der Waals surface area contributed by atoms with E-state index in [1.807, 2.05) is 19.1 Å². The molecule has 2 saturated carbocycles. The fraction of sp³-hybridized carbons (Fsp3) is 0.390. The first kappa shape index (κ1) is 33.5. The van der Waals surface area contributed by atoms with Gasteiger partial charge in [0.25, 0.3) is 0 Å². The van der Waals surface area contributed by atoms with Crippen molar-refractivity contribution in [3.63, 3.8) is 0 Å². The summed E-state index contributed by atoms with van der Waals surface area (Å²) in [6.45, 7) is 8.38. The molecule has 3 aromatic rings. The predicted molar refractivity (Wildman–Crippen MR) is 188 cm³/mol. The van der Waals surface area contributed by atoms with E-state index in [0.29, 0.717) is 46.1 Å². The molecule has 0 amide bonds. The highest BCUT2D eigenvalue weighted by Crippen LogP contribution is 2.73. The van der Waals surface area contributed by atoms with Crippen LogP contribution in [0, 0.1) is 34.5 Å². The number of fused-ring (bicyclic) bond motifs is 3. The van der Waals surface area contributed by atoms with Crippen molar-refractivity contribution in [1.82, 2.24) is 0 Å². The minimum absolute atomic E-state index is 0.00842. The summed E-state index contributed by atoms with van der Waals surface area (Å²) in [4.78, 5) is 41.0. The largest absolute Gasteiger partial charge is 0.457 e. The van der Waals surface area contributed by atoms with Gasteiger partial charge in [-0.2, -0.15) is 0 Å². The summed E-state index contributed by atoms with van der Waals surface area (Å²) in [5.74, 6) is -1.09. The third kappa shape index (κ3) is 5.57. The maximum absolute atomic E-state index is 13.9. The number of aliphatic hydroxyl groups is 1. The molecule has 49 heavy (non-hydrogen) atoms. The fourth-order valence-corrected chi connectivity index (χ4v) is 9.59. The van der Waals surface area contributed by atoms with Crippen molar-refractivity contribution < 1.29 is 33.7 Å². The third-order valence-corrected chi connectivity index (χ3v) is 12.3. The number of esters is 3. The molecule has 7 nitrogen and oxygen atoms in total. The Morgan fingerprint density at radius 3 is 1.96 bits per heavy atom. The second kappa shape index (κ2) is 12.4. The second-order valence-corrected chi connectivity index (χ2v) is 15.8. The van der Waals surface area contributed by atoms with E-state index in [4.69, 9.17) is 14.2 Å². The van der Waals surface area contributed by atoms with E-state index in [-0.39, 0.29) is 23.9 Å². The Hall–Kier alpha value is -4.01. The Kier molecular flexibility index (Phi) is 8.47. The standard InChI is InChI=1S/C41H41BrO7/c1-24-21-40-22-29(33-32(19-25(40)2)39(33,3)4)20-30(23-47-36(43)28-15-17-31(42)18-16-28)35(49-38(45)27-13-9-6-10-14-27)41(40,46)34(24)48-37(44)26-11-7-5-8-12-26/h5-18,20-21,25,29,32-35,46H,19,22-23H2,1-4H3. The van der Waals surface area contributed by atoms with Crippen LogP contribution >= 0.6 is 15.9 Å². The minimum atomic E-state index is -1.91. The number of hydrogen-bond acceptors (Lipinski definition) is 7. The van der Waals surface area contributed by atoms with E-state index in [1.165, 1.54) is 0 Å². The fourth-order valence-electron chi connectivity index (χ4n) is 9.32. The van der Waals surface area contributed by atoms with E-state index >= 15 is 0 Å². The van der Waals surface area contributed by atoms with Gasteiger partial charge in [0.15, 0.2) is 17.8 Å². The van der Waals surface area contributed by atoms with Crippen molar-refractivity contribution >= 4 is 33.8 Å². The zero-order chi connectivity index (χ0) is 34.7. The molecule has 2 bridgehead atoms. The zero-order valence-corrected chi connectivity index (χ0v) is 29.7. The van der Waals surface area contributed by atoms with Gasteiger partial charge >= 0.3 is 17.9 Å². The van der Waals surface area contributed by atoms with Gasteiger partial charge in [0.05, 0.1) is 16.7 Å². The predicted octanol–water partition coefficient (Wildman–Crippen LogP) is 7.99. The van der Waals surface area contributed by atoms with Gasteiger partial charge in [-0.25, -0.2) is 14.4 Å².